The molecular weight excluding hydrogens is 296 g/mol. The molecule has 1 N–H and O–H groups in total. The number of hydrogen-bond donors (Lipinski definition) is 1. The Morgan fingerprint density at radius 2 is 2.09 bits per heavy atom. The standard InChI is InChI=1S/C17H28N2O2S/c1-4-10-18-13-15-7-5-8-16(12-15)22(20,21)19-11-6-9-17(2,3)14-19/h5,7-8,12,18H,4,6,9-11,13-14H2,1-3H3. The number of nitrogens with one attached hydrogen (secondary N) is 1. The van der Waals surface area contributed by atoms with E-state index < -0.39 is 10.0 Å². The van der Waals surface area contributed by atoms with Gasteiger partial charge in [0.1, 0.15) is 0 Å². The molecule has 1 aliphatic rings. The van der Waals surface area contributed by atoms with Crippen LogP contribution in [0.3, 0.4) is 0 Å². The van der Waals surface area contributed by atoms with Gasteiger partial charge in [-0.25, -0.2) is 8.42 Å². The van der Waals surface area contributed by atoms with E-state index in [9.17, 15) is 8.42 Å². The Hall–Kier alpha value is -0.910. The first-order valence-electron chi connectivity index (χ1n) is 8.15. The van der Waals surface area contributed by atoms with Gasteiger partial charge in [-0.1, -0.05) is 32.9 Å². The van der Waals surface area contributed by atoms with Crippen molar-refractivity contribution < 1.29 is 8.42 Å². The average Bonchev–Trinajstić information content (AvgIpc) is 2.47. The Morgan fingerprint density at radius 3 is 2.77 bits per heavy atom. The highest BCUT2D eigenvalue weighted by Gasteiger charge is 2.34. The molecule has 1 aromatic carbocycles. The van der Waals surface area contributed by atoms with E-state index in [1.165, 1.54) is 0 Å². The number of hydrogen-bond acceptors (Lipinski definition) is 3. The van der Waals surface area contributed by atoms with E-state index in [-0.39, 0.29) is 5.41 Å². The van der Waals surface area contributed by atoms with Crippen LogP contribution in [0.25, 0.3) is 0 Å². The zero-order valence-corrected chi connectivity index (χ0v) is 14.7. The molecule has 4 nitrogen and oxygen atoms in total. The van der Waals surface area contributed by atoms with E-state index in [4.69, 9.17) is 0 Å². The molecule has 22 heavy (non-hydrogen) atoms. The molecule has 0 aliphatic carbocycles. The van der Waals surface area contributed by atoms with E-state index >= 15 is 0 Å². The van der Waals surface area contributed by atoms with E-state index in [0.29, 0.717) is 24.5 Å². The summed E-state index contributed by atoms with van der Waals surface area (Å²) < 4.78 is 27.4. The van der Waals surface area contributed by atoms with Crippen molar-refractivity contribution in [3.05, 3.63) is 29.8 Å². The minimum absolute atomic E-state index is 0.0611. The Bertz CT molecular complexity index is 596. The Balaban J connectivity index is 2.17. The second-order valence-electron chi connectivity index (χ2n) is 6.93. The molecular formula is C17H28N2O2S. The summed E-state index contributed by atoms with van der Waals surface area (Å²) in [7, 11) is -3.38. The maximum atomic E-state index is 12.9. The van der Waals surface area contributed by atoms with Gasteiger partial charge in [-0.05, 0) is 48.9 Å². The van der Waals surface area contributed by atoms with Crippen molar-refractivity contribution >= 4 is 10.0 Å². The smallest absolute Gasteiger partial charge is 0.243 e. The zero-order valence-electron chi connectivity index (χ0n) is 13.9. The van der Waals surface area contributed by atoms with Crippen LogP contribution in [0.15, 0.2) is 29.2 Å². The molecule has 0 atom stereocenters. The van der Waals surface area contributed by atoms with Crippen LogP contribution in [0, 0.1) is 5.41 Å². The van der Waals surface area contributed by atoms with Crippen LogP contribution in [-0.4, -0.2) is 32.4 Å². The van der Waals surface area contributed by atoms with Crippen LogP contribution < -0.4 is 5.32 Å². The first-order chi connectivity index (χ1) is 10.3. The third-order valence-electron chi connectivity index (χ3n) is 4.16. The Kier molecular flexibility index (Phi) is 5.64. The van der Waals surface area contributed by atoms with E-state index in [2.05, 4.69) is 26.1 Å². The van der Waals surface area contributed by atoms with Crippen LogP contribution in [-0.2, 0) is 16.6 Å². The van der Waals surface area contributed by atoms with Crippen molar-refractivity contribution in [1.82, 2.24) is 9.62 Å². The highest BCUT2D eigenvalue weighted by atomic mass is 32.2. The predicted molar refractivity (Wildman–Crippen MR) is 90.2 cm³/mol. The molecule has 124 valence electrons. The van der Waals surface area contributed by atoms with Crippen LogP contribution in [0.2, 0.25) is 0 Å². The highest BCUT2D eigenvalue weighted by Crippen LogP contribution is 2.31. The first-order valence-corrected chi connectivity index (χ1v) is 9.59. The number of rotatable bonds is 6. The lowest BCUT2D eigenvalue weighted by Crippen LogP contribution is -2.43. The van der Waals surface area contributed by atoms with Crippen molar-refractivity contribution in [2.45, 2.75) is 51.5 Å². The average molecular weight is 324 g/mol. The molecule has 1 aromatic rings. The van der Waals surface area contributed by atoms with Crippen molar-refractivity contribution in [1.29, 1.82) is 0 Å². The summed E-state index contributed by atoms with van der Waals surface area (Å²) in [5, 5.41) is 3.31. The maximum Gasteiger partial charge on any atom is 0.243 e. The van der Waals surface area contributed by atoms with Gasteiger partial charge in [-0.15, -0.1) is 0 Å². The van der Waals surface area contributed by atoms with Crippen molar-refractivity contribution in [3.63, 3.8) is 0 Å². The fraction of sp³-hybridized carbons (Fsp3) is 0.647. The zero-order chi connectivity index (χ0) is 16.2. The first kappa shape index (κ1) is 17.4. The molecule has 0 unspecified atom stereocenters. The molecule has 1 fully saturated rings. The molecule has 1 heterocycles. The van der Waals surface area contributed by atoms with E-state index in [0.717, 1.165) is 31.4 Å². The lowest BCUT2D eigenvalue weighted by molar-refractivity contribution is 0.187. The molecule has 0 amide bonds. The lowest BCUT2D eigenvalue weighted by Gasteiger charge is -2.37. The van der Waals surface area contributed by atoms with Gasteiger partial charge < -0.3 is 5.32 Å². The fourth-order valence-corrected chi connectivity index (χ4v) is 4.69. The lowest BCUT2D eigenvalue weighted by atomic mass is 9.85. The van der Waals surface area contributed by atoms with Crippen LogP contribution in [0.4, 0.5) is 0 Å². The minimum atomic E-state index is -3.38. The van der Waals surface area contributed by atoms with Crippen LogP contribution >= 0.6 is 0 Å². The Labute approximate surface area is 135 Å². The van der Waals surface area contributed by atoms with Gasteiger partial charge in [-0.3, -0.25) is 0 Å². The normalized spacial score (nSPS) is 19.2. The highest BCUT2D eigenvalue weighted by molar-refractivity contribution is 7.89. The summed E-state index contributed by atoms with van der Waals surface area (Å²) in [4.78, 5) is 0.418. The van der Waals surface area contributed by atoms with Crippen molar-refractivity contribution in [2.75, 3.05) is 19.6 Å². The second kappa shape index (κ2) is 7.11. The second-order valence-corrected chi connectivity index (χ2v) is 8.87. The van der Waals surface area contributed by atoms with Gasteiger partial charge in [0.25, 0.3) is 0 Å². The quantitative estimate of drug-likeness (QED) is 0.818. The number of benzene rings is 1. The van der Waals surface area contributed by atoms with Crippen molar-refractivity contribution in [2.24, 2.45) is 5.41 Å². The largest absolute Gasteiger partial charge is 0.313 e. The fourth-order valence-electron chi connectivity index (χ4n) is 2.95. The SMILES string of the molecule is CCCNCc1cccc(S(=O)(=O)N2CCCC(C)(C)C2)c1. The molecule has 2 rings (SSSR count). The summed E-state index contributed by atoms with van der Waals surface area (Å²) in [5.41, 5.74) is 1.08. The molecule has 0 aromatic heterocycles. The number of piperidine rings is 1. The van der Waals surface area contributed by atoms with Gasteiger partial charge in [-0.2, -0.15) is 4.31 Å². The summed E-state index contributed by atoms with van der Waals surface area (Å²) in [5.74, 6) is 0. The topological polar surface area (TPSA) is 49.4 Å². The van der Waals surface area contributed by atoms with Crippen molar-refractivity contribution in [3.8, 4) is 0 Å². The van der Waals surface area contributed by atoms with E-state index in [1.54, 1.807) is 16.4 Å². The summed E-state index contributed by atoms with van der Waals surface area (Å²) in [6.07, 6.45) is 3.09. The van der Waals surface area contributed by atoms with E-state index in [1.807, 2.05) is 12.1 Å². The van der Waals surface area contributed by atoms with Gasteiger partial charge >= 0.3 is 0 Å². The van der Waals surface area contributed by atoms with Gasteiger partial charge in [0.2, 0.25) is 10.0 Å². The minimum Gasteiger partial charge on any atom is -0.313 e. The summed E-state index contributed by atoms with van der Waals surface area (Å²) in [6, 6.07) is 7.33. The third-order valence-corrected chi connectivity index (χ3v) is 6.00. The van der Waals surface area contributed by atoms with Gasteiger partial charge in [0.05, 0.1) is 4.90 Å². The molecule has 0 radical (unpaired) electrons. The Morgan fingerprint density at radius 1 is 1.32 bits per heavy atom. The van der Waals surface area contributed by atoms with Crippen LogP contribution in [0.1, 0.15) is 45.6 Å². The third kappa shape index (κ3) is 4.31. The van der Waals surface area contributed by atoms with Crippen LogP contribution in [0.5, 0.6) is 0 Å². The molecule has 1 aliphatic heterocycles. The number of nitrogens with zero attached hydrogens (tertiary/aromatic N) is 1. The number of sulfonamides is 1. The monoisotopic (exact) mass is 324 g/mol. The predicted octanol–water partition coefficient (Wildman–Crippen LogP) is 3.00. The van der Waals surface area contributed by atoms with Gasteiger partial charge in [0.15, 0.2) is 0 Å². The maximum absolute atomic E-state index is 12.9. The summed E-state index contributed by atoms with van der Waals surface area (Å²) >= 11 is 0. The molecule has 0 bridgehead atoms. The molecule has 1 saturated heterocycles. The molecule has 5 heteroatoms. The molecule has 0 spiro atoms. The van der Waals surface area contributed by atoms with Gasteiger partial charge in [0, 0.05) is 19.6 Å². The summed E-state index contributed by atoms with van der Waals surface area (Å²) in [6.45, 7) is 9.28. The molecule has 0 saturated carbocycles.